The predicted molar refractivity (Wildman–Crippen MR) is 84.8 cm³/mol. The first-order valence-corrected chi connectivity index (χ1v) is 7.40. The van der Waals surface area contributed by atoms with Gasteiger partial charge >= 0.3 is 5.97 Å². The topological polar surface area (TPSA) is 100 Å². The third-order valence-electron chi connectivity index (χ3n) is 2.69. The Morgan fingerprint density at radius 2 is 2.36 bits per heavy atom. The summed E-state index contributed by atoms with van der Waals surface area (Å²) in [6, 6.07) is 5.21. The summed E-state index contributed by atoms with van der Waals surface area (Å²) < 4.78 is 5.08. The number of aliphatic carboxylic acids is 1. The van der Waals surface area contributed by atoms with Crippen molar-refractivity contribution in [2.24, 2.45) is 10.2 Å². The van der Waals surface area contributed by atoms with Crippen LogP contribution in [0, 0.1) is 0 Å². The molecule has 7 nitrogen and oxygen atoms in total. The molecule has 1 saturated heterocycles. The number of hydrogen-bond donors (Lipinski definition) is 2. The van der Waals surface area contributed by atoms with Gasteiger partial charge in [0.2, 0.25) is 5.91 Å². The second-order valence-electron chi connectivity index (χ2n) is 4.21. The molecule has 1 atom stereocenters. The Morgan fingerprint density at radius 3 is 3.05 bits per heavy atom. The SMILES string of the molecule is COc1cccc(C=NN=C2NC(=O)C(CC(=O)O)S2)c1Cl. The molecular weight excluding hydrogens is 330 g/mol. The van der Waals surface area contributed by atoms with E-state index in [1.54, 1.807) is 18.2 Å². The second-order valence-corrected chi connectivity index (χ2v) is 5.78. The van der Waals surface area contributed by atoms with Crippen LogP contribution in [0.25, 0.3) is 0 Å². The van der Waals surface area contributed by atoms with Crippen molar-refractivity contribution in [1.82, 2.24) is 5.32 Å². The maximum atomic E-state index is 11.5. The number of amidine groups is 1. The van der Waals surface area contributed by atoms with Gasteiger partial charge in [-0.05, 0) is 6.07 Å². The molecule has 0 saturated carbocycles. The molecule has 1 heterocycles. The van der Waals surface area contributed by atoms with Crippen LogP contribution in [0.4, 0.5) is 0 Å². The van der Waals surface area contributed by atoms with Crippen LogP contribution in [-0.4, -0.2) is 40.7 Å². The molecule has 0 radical (unpaired) electrons. The van der Waals surface area contributed by atoms with E-state index in [1.807, 2.05) is 0 Å². The van der Waals surface area contributed by atoms with Crippen LogP contribution in [-0.2, 0) is 9.59 Å². The van der Waals surface area contributed by atoms with Gasteiger partial charge < -0.3 is 15.2 Å². The monoisotopic (exact) mass is 341 g/mol. The highest BCUT2D eigenvalue weighted by Gasteiger charge is 2.32. The average Bonchev–Trinajstić information content (AvgIpc) is 2.80. The molecule has 9 heteroatoms. The second kappa shape index (κ2) is 7.28. The van der Waals surface area contributed by atoms with Gasteiger partial charge in [0.15, 0.2) is 5.17 Å². The highest BCUT2D eigenvalue weighted by atomic mass is 35.5. The van der Waals surface area contributed by atoms with Crippen LogP contribution in [0.5, 0.6) is 5.75 Å². The number of thioether (sulfide) groups is 1. The van der Waals surface area contributed by atoms with Crippen molar-refractivity contribution in [3.8, 4) is 5.75 Å². The van der Waals surface area contributed by atoms with Gasteiger partial charge in [-0.15, -0.1) is 5.10 Å². The Kier molecular flexibility index (Phi) is 5.40. The Bertz CT molecular complexity index is 663. The van der Waals surface area contributed by atoms with Gasteiger partial charge in [0, 0.05) is 5.56 Å². The summed E-state index contributed by atoms with van der Waals surface area (Å²) in [5, 5.41) is 18.8. The molecule has 1 aromatic rings. The van der Waals surface area contributed by atoms with E-state index in [0.29, 0.717) is 16.3 Å². The normalized spacial score (nSPS) is 19.6. The third-order valence-corrected chi connectivity index (χ3v) is 4.17. The highest BCUT2D eigenvalue weighted by Crippen LogP contribution is 2.26. The summed E-state index contributed by atoms with van der Waals surface area (Å²) in [5.41, 5.74) is 0.613. The lowest BCUT2D eigenvalue weighted by Gasteiger charge is -2.03. The molecule has 116 valence electrons. The molecule has 0 bridgehead atoms. The zero-order valence-electron chi connectivity index (χ0n) is 11.4. The van der Waals surface area contributed by atoms with Gasteiger partial charge in [-0.2, -0.15) is 5.10 Å². The minimum Gasteiger partial charge on any atom is -0.495 e. The quantitative estimate of drug-likeness (QED) is 0.627. The van der Waals surface area contributed by atoms with E-state index in [1.165, 1.54) is 13.3 Å². The first-order valence-electron chi connectivity index (χ1n) is 6.14. The molecule has 1 aliphatic rings. The van der Waals surface area contributed by atoms with E-state index in [4.69, 9.17) is 21.4 Å². The Morgan fingerprint density at radius 1 is 1.59 bits per heavy atom. The Hall–Kier alpha value is -2.06. The maximum absolute atomic E-state index is 11.5. The number of ether oxygens (including phenoxy) is 1. The number of rotatable bonds is 5. The van der Waals surface area contributed by atoms with Gasteiger partial charge in [-0.1, -0.05) is 35.5 Å². The van der Waals surface area contributed by atoms with Crippen molar-refractivity contribution in [3.63, 3.8) is 0 Å². The van der Waals surface area contributed by atoms with Crippen molar-refractivity contribution in [2.75, 3.05) is 7.11 Å². The molecule has 2 rings (SSSR count). The predicted octanol–water partition coefficient (Wildman–Crippen LogP) is 1.74. The van der Waals surface area contributed by atoms with Crippen LogP contribution >= 0.6 is 23.4 Å². The molecule has 1 aromatic carbocycles. The number of amides is 1. The molecule has 1 fully saturated rings. The average molecular weight is 342 g/mol. The van der Waals surface area contributed by atoms with Crippen LogP contribution in [0.15, 0.2) is 28.4 Å². The third kappa shape index (κ3) is 3.99. The van der Waals surface area contributed by atoms with E-state index in [0.717, 1.165) is 11.8 Å². The van der Waals surface area contributed by atoms with E-state index >= 15 is 0 Å². The summed E-state index contributed by atoms with van der Waals surface area (Å²) in [6.07, 6.45) is 1.16. The van der Waals surface area contributed by atoms with Crippen molar-refractivity contribution in [2.45, 2.75) is 11.7 Å². The molecule has 0 aliphatic carbocycles. The fraction of sp³-hybridized carbons (Fsp3) is 0.231. The largest absolute Gasteiger partial charge is 0.495 e. The summed E-state index contributed by atoms with van der Waals surface area (Å²) in [4.78, 5) is 22.1. The van der Waals surface area contributed by atoms with E-state index in [-0.39, 0.29) is 17.5 Å². The lowest BCUT2D eigenvalue weighted by atomic mass is 10.2. The molecule has 2 N–H and O–H groups in total. The van der Waals surface area contributed by atoms with Crippen molar-refractivity contribution < 1.29 is 19.4 Å². The van der Waals surface area contributed by atoms with Crippen molar-refractivity contribution in [3.05, 3.63) is 28.8 Å². The van der Waals surface area contributed by atoms with Gasteiger partial charge in [-0.3, -0.25) is 9.59 Å². The van der Waals surface area contributed by atoms with E-state index in [9.17, 15) is 9.59 Å². The first-order chi connectivity index (χ1) is 10.5. The number of carboxylic acid groups (broad SMARTS) is 1. The summed E-state index contributed by atoms with van der Waals surface area (Å²) in [5.74, 6) is -0.912. The maximum Gasteiger partial charge on any atom is 0.305 e. The molecular formula is C13H12ClN3O4S. The number of methoxy groups -OCH3 is 1. The van der Waals surface area contributed by atoms with Crippen LogP contribution in [0.2, 0.25) is 5.02 Å². The Balaban J connectivity index is 2.06. The number of nitrogens with zero attached hydrogens (tertiary/aromatic N) is 2. The highest BCUT2D eigenvalue weighted by molar-refractivity contribution is 8.15. The summed E-state index contributed by atoms with van der Waals surface area (Å²) in [7, 11) is 1.51. The van der Waals surface area contributed by atoms with E-state index in [2.05, 4.69) is 15.5 Å². The van der Waals surface area contributed by atoms with Crippen LogP contribution < -0.4 is 10.1 Å². The number of carbonyl (C=O) groups is 2. The lowest BCUT2D eigenvalue weighted by Crippen LogP contribution is -2.26. The molecule has 1 amide bonds. The van der Waals surface area contributed by atoms with Crippen LogP contribution in [0.3, 0.4) is 0 Å². The number of benzene rings is 1. The lowest BCUT2D eigenvalue weighted by molar-refractivity contribution is -0.138. The molecule has 1 unspecified atom stereocenters. The standard InChI is InChI=1S/C13H12ClN3O4S/c1-21-8-4-2-3-7(11(8)14)6-15-17-13-16-12(20)9(22-13)5-10(18)19/h2-4,6,9H,5H2,1H3,(H,18,19)(H,16,17,20). The van der Waals surface area contributed by atoms with E-state index < -0.39 is 11.2 Å². The summed E-state index contributed by atoms with van der Waals surface area (Å²) >= 11 is 7.13. The number of carboxylic acids is 1. The zero-order chi connectivity index (χ0) is 16.1. The van der Waals surface area contributed by atoms with Gasteiger partial charge in [0.25, 0.3) is 0 Å². The molecule has 0 aromatic heterocycles. The molecule has 1 aliphatic heterocycles. The smallest absolute Gasteiger partial charge is 0.305 e. The number of hydrogen-bond acceptors (Lipinski definition) is 6. The van der Waals surface area contributed by atoms with Crippen molar-refractivity contribution in [1.29, 1.82) is 0 Å². The number of halogens is 1. The van der Waals surface area contributed by atoms with Gasteiger partial charge in [0.05, 0.1) is 24.8 Å². The number of carbonyl (C=O) groups excluding carboxylic acids is 1. The number of nitrogens with one attached hydrogen (secondary N) is 1. The minimum atomic E-state index is -1.04. The molecule has 22 heavy (non-hydrogen) atoms. The van der Waals surface area contributed by atoms with Crippen molar-refractivity contribution >= 4 is 46.6 Å². The van der Waals surface area contributed by atoms with Gasteiger partial charge in [-0.25, -0.2) is 0 Å². The summed E-state index contributed by atoms with van der Waals surface area (Å²) in [6.45, 7) is 0. The van der Waals surface area contributed by atoms with Crippen LogP contribution in [0.1, 0.15) is 12.0 Å². The molecule has 0 spiro atoms. The fourth-order valence-electron chi connectivity index (χ4n) is 1.67. The van der Waals surface area contributed by atoms with Gasteiger partial charge in [0.1, 0.15) is 11.0 Å². The minimum absolute atomic E-state index is 0.256. The fourth-order valence-corrected chi connectivity index (χ4v) is 2.84. The zero-order valence-corrected chi connectivity index (χ0v) is 13.0. The Labute approximate surface area is 135 Å². The first kappa shape index (κ1) is 16.3.